The Morgan fingerprint density at radius 2 is 1.75 bits per heavy atom. The second-order valence-corrected chi connectivity index (χ2v) is 9.59. The van der Waals surface area contributed by atoms with Gasteiger partial charge in [-0.1, -0.05) is 39.0 Å². The minimum atomic E-state index is -3.63. The molecule has 0 fully saturated rings. The number of nitrogens with one attached hydrogen (secondary N) is 1. The summed E-state index contributed by atoms with van der Waals surface area (Å²) in [6.07, 6.45) is 5.37. The molecule has 4 nitrogen and oxygen atoms in total. The van der Waals surface area contributed by atoms with E-state index in [1.54, 1.807) is 25.3 Å². The molecule has 0 radical (unpaired) electrons. The van der Waals surface area contributed by atoms with Gasteiger partial charge in [-0.15, -0.1) is 0 Å². The van der Waals surface area contributed by atoms with E-state index < -0.39 is 10.0 Å². The van der Waals surface area contributed by atoms with Crippen molar-refractivity contribution in [2.75, 3.05) is 7.11 Å². The lowest BCUT2D eigenvalue weighted by Gasteiger charge is -2.22. The van der Waals surface area contributed by atoms with Crippen molar-refractivity contribution >= 4 is 10.0 Å². The lowest BCUT2D eigenvalue weighted by Crippen LogP contribution is -2.28. The number of sulfonamides is 1. The van der Waals surface area contributed by atoms with Gasteiger partial charge in [-0.05, 0) is 78.5 Å². The van der Waals surface area contributed by atoms with Gasteiger partial charge >= 0.3 is 0 Å². The zero-order valence-corrected chi connectivity index (χ0v) is 18.1. The van der Waals surface area contributed by atoms with Gasteiger partial charge in [0, 0.05) is 6.04 Å². The maximum Gasteiger partial charge on any atom is 0.241 e. The summed E-state index contributed by atoms with van der Waals surface area (Å²) in [5, 5.41) is 0. The van der Waals surface area contributed by atoms with Crippen LogP contribution < -0.4 is 9.46 Å². The summed E-state index contributed by atoms with van der Waals surface area (Å²) < 4.78 is 34.5. The molecule has 1 aliphatic carbocycles. The number of aryl methyl sites for hydroxylation is 2. The average molecular weight is 402 g/mol. The summed E-state index contributed by atoms with van der Waals surface area (Å²) in [6, 6.07) is 11.3. The molecule has 1 atom stereocenters. The lowest BCUT2D eigenvalue weighted by atomic mass is 9.89. The molecule has 3 rings (SSSR count). The van der Waals surface area contributed by atoms with Crippen molar-refractivity contribution in [2.45, 2.75) is 69.7 Å². The number of fused-ring (bicyclic) bond motifs is 1. The summed E-state index contributed by atoms with van der Waals surface area (Å²) in [5.74, 6) is 0.892. The average Bonchev–Trinajstić information content (AvgIpc) is 2.71. The van der Waals surface area contributed by atoms with E-state index in [1.807, 2.05) is 20.8 Å². The molecule has 0 heterocycles. The minimum absolute atomic E-state index is 0.174. The quantitative estimate of drug-likeness (QED) is 0.700. The van der Waals surface area contributed by atoms with Crippen LogP contribution in [0.2, 0.25) is 0 Å². The van der Waals surface area contributed by atoms with E-state index in [0.29, 0.717) is 6.42 Å². The summed E-state index contributed by atoms with van der Waals surface area (Å²) in [7, 11) is -2.02. The fourth-order valence-electron chi connectivity index (χ4n) is 3.94. The number of hydrogen-bond acceptors (Lipinski definition) is 3. The highest BCUT2D eigenvalue weighted by molar-refractivity contribution is 7.89. The zero-order chi connectivity index (χ0) is 20.3. The molecule has 1 N–H and O–H groups in total. The molecule has 0 aliphatic heterocycles. The summed E-state index contributed by atoms with van der Waals surface area (Å²) >= 11 is 0. The van der Waals surface area contributed by atoms with Gasteiger partial charge in [-0.25, -0.2) is 13.1 Å². The fraction of sp³-hybridized carbons (Fsp3) is 0.478. The molecule has 28 heavy (non-hydrogen) atoms. The molecule has 0 spiro atoms. The van der Waals surface area contributed by atoms with E-state index in [-0.39, 0.29) is 16.9 Å². The van der Waals surface area contributed by atoms with Crippen LogP contribution in [0.15, 0.2) is 41.3 Å². The highest BCUT2D eigenvalue weighted by Crippen LogP contribution is 2.30. The number of ether oxygens (including phenoxy) is 1. The Kier molecular flexibility index (Phi) is 6.46. The van der Waals surface area contributed by atoms with Crippen LogP contribution in [0, 0.1) is 0 Å². The molecule has 0 unspecified atom stereocenters. The first kappa shape index (κ1) is 20.9. The number of rotatable bonds is 7. The molecule has 1 aliphatic rings. The standard InChI is InChI=1S/C23H31NO3S/c1-5-22(19-11-10-17-8-6-7-9-18(17)14-19)24-28(25,26)20-12-13-23(27-4)21(15-20)16(2)3/h10-16,22,24H,5-9H2,1-4H3/t22-/m1/s1. The van der Waals surface area contributed by atoms with Gasteiger partial charge in [-0.3, -0.25) is 0 Å². The number of methoxy groups -OCH3 is 1. The van der Waals surface area contributed by atoms with Gasteiger partial charge in [0.05, 0.1) is 12.0 Å². The van der Waals surface area contributed by atoms with E-state index >= 15 is 0 Å². The van der Waals surface area contributed by atoms with Gasteiger partial charge in [0.15, 0.2) is 0 Å². The number of benzene rings is 2. The van der Waals surface area contributed by atoms with Gasteiger partial charge in [0.1, 0.15) is 5.75 Å². The van der Waals surface area contributed by atoms with E-state index in [1.165, 1.54) is 24.0 Å². The molecule has 5 heteroatoms. The molecule has 0 amide bonds. The van der Waals surface area contributed by atoms with Gasteiger partial charge in [0.2, 0.25) is 10.0 Å². The largest absolute Gasteiger partial charge is 0.496 e. The normalized spacial score (nSPS) is 15.3. The van der Waals surface area contributed by atoms with Gasteiger partial charge < -0.3 is 4.74 Å². The van der Waals surface area contributed by atoms with Crippen molar-refractivity contribution in [3.05, 3.63) is 58.7 Å². The maximum atomic E-state index is 13.1. The Labute approximate surface area is 169 Å². The van der Waals surface area contributed by atoms with Crippen molar-refractivity contribution in [1.82, 2.24) is 4.72 Å². The Hall–Kier alpha value is -1.85. The second kappa shape index (κ2) is 8.66. The minimum Gasteiger partial charge on any atom is -0.496 e. The Bertz CT molecular complexity index is 935. The topological polar surface area (TPSA) is 55.4 Å². The summed E-state index contributed by atoms with van der Waals surface area (Å²) in [4.78, 5) is 0.286. The van der Waals surface area contributed by atoms with Crippen molar-refractivity contribution in [2.24, 2.45) is 0 Å². The third kappa shape index (κ3) is 4.41. The smallest absolute Gasteiger partial charge is 0.241 e. The highest BCUT2D eigenvalue weighted by atomic mass is 32.2. The molecule has 2 aromatic carbocycles. The first-order valence-corrected chi connectivity index (χ1v) is 11.7. The lowest BCUT2D eigenvalue weighted by molar-refractivity contribution is 0.407. The van der Waals surface area contributed by atoms with Crippen LogP contribution in [0.4, 0.5) is 0 Å². The molecule has 152 valence electrons. The molecule has 0 saturated carbocycles. The first-order valence-electron chi connectivity index (χ1n) is 10.2. The Balaban J connectivity index is 1.89. The van der Waals surface area contributed by atoms with E-state index in [9.17, 15) is 8.42 Å². The van der Waals surface area contributed by atoms with Crippen molar-refractivity contribution < 1.29 is 13.2 Å². The fourth-order valence-corrected chi connectivity index (χ4v) is 5.29. The van der Waals surface area contributed by atoms with E-state index in [4.69, 9.17) is 4.74 Å². The van der Waals surface area contributed by atoms with Crippen LogP contribution >= 0.6 is 0 Å². The Morgan fingerprint density at radius 1 is 1.04 bits per heavy atom. The third-order valence-electron chi connectivity index (χ3n) is 5.61. The third-order valence-corrected chi connectivity index (χ3v) is 7.08. The predicted molar refractivity (Wildman–Crippen MR) is 114 cm³/mol. The SMILES string of the molecule is CC[C@@H](NS(=O)(=O)c1ccc(OC)c(C(C)C)c1)c1ccc2c(c1)CCCC2. The van der Waals surface area contributed by atoms with Crippen LogP contribution in [0.3, 0.4) is 0 Å². The zero-order valence-electron chi connectivity index (χ0n) is 17.3. The monoisotopic (exact) mass is 401 g/mol. The van der Waals surface area contributed by atoms with E-state index in [2.05, 4.69) is 22.9 Å². The van der Waals surface area contributed by atoms with Gasteiger partial charge in [-0.2, -0.15) is 0 Å². The predicted octanol–water partition coefficient (Wildman–Crippen LogP) is 5.13. The molecule has 0 saturated heterocycles. The maximum absolute atomic E-state index is 13.1. The summed E-state index contributed by atoms with van der Waals surface area (Å²) in [6.45, 7) is 6.08. The van der Waals surface area contributed by atoms with E-state index in [0.717, 1.165) is 29.7 Å². The van der Waals surface area contributed by atoms with Crippen molar-refractivity contribution in [1.29, 1.82) is 0 Å². The molecule has 0 aromatic heterocycles. The second-order valence-electron chi connectivity index (χ2n) is 7.88. The highest BCUT2D eigenvalue weighted by Gasteiger charge is 2.23. The van der Waals surface area contributed by atoms with Crippen molar-refractivity contribution in [3.63, 3.8) is 0 Å². The molecule has 0 bridgehead atoms. The van der Waals surface area contributed by atoms with Crippen LogP contribution in [-0.2, 0) is 22.9 Å². The van der Waals surface area contributed by atoms with Crippen molar-refractivity contribution in [3.8, 4) is 5.75 Å². The summed E-state index contributed by atoms with van der Waals surface area (Å²) in [5.41, 5.74) is 4.72. The van der Waals surface area contributed by atoms with Crippen LogP contribution in [0.5, 0.6) is 5.75 Å². The van der Waals surface area contributed by atoms with Crippen LogP contribution in [0.1, 0.15) is 74.2 Å². The van der Waals surface area contributed by atoms with Crippen LogP contribution in [-0.4, -0.2) is 15.5 Å². The van der Waals surface area contributed by atoms with Crippen LogP contribution in [0.25, 0.3) is 0 Å². The number of hydrogen-bond donors (Lipinski definition) is 1. The molecular weight excluding hydrogens is 370 g/mol. The first-order chi connectivity index (χ1) is 13.4. The molecular formula is C23H31NO3S. The van der Waals surface area contributed by atoms with Gasteiger partial charge in [0.25, 0.3) is 0 Å². The molecule has 2 aromatic rings. The Morgan fingerprint density at radius 3 is 2.39 bits per heavy atom.